The van der Waals surface area contributed by atoms with Crippen molar-refractivity contribution in [1.29, 1.82) is 0 Å². The molecule has 4 aromatic rings. The van der Waals surface area contributed by atoms with Crippen LogP contribution >= 0.6 is 46.1 Å². The Labute approximate surface area is 226 Å². The normalized spacial score (nSPS) is 14.1. The number of hydrogen-bond acceptors (Lipinski definition) is 4. The van der Waals surface area contributed by atoms with Gasteiger partial charge in [0.15, 0.2) is 16.1 Å². The number of carbonyl (C=O) groups is 1. The van der Waals surface area contributed by atoms with E-state index in [9.17, 15) is 4.79 Å². The van der Waals surface area contributed by atoms with E-state index >= 15 is 0 Å². The largest absolute Gasteiger partial charge is 0.332 e. The van der Waals surface area contributed by atoms with Crippen LogP contribution in [0.2, 0.25) is 19.5 Å². The summed E-state index contributed by atoms with van der Waals surface area (Å²) < 4.78 is 2.19. The first-order valence-corrected chi connectivity index (χ1v) is 13.3. The van der Waals surface area contributed by atoms with Crippen molar-refractivity contribution < 1.29 is 16.4 Å². The smallest absolute Gasteiger partial charge is 0.326 e. The van der Waals surface area contributed by atoms with Gasteiger partial charge >= 0.3 is 6.03 Å². The van der Waals surface area contributed by atoms with E-state index in [0.717, 1.165) is 57.1 Å². The monoisotopic (exact) mass is 565 g/mol. The lowest BCUT2D eigenvalue weighted by atomic mass is 10.0. The van der Waals surface area contributed by atoms with E-state index in [1.54, 1.807) is 16.8 Å². The molecule has 0 atom stereocenters. The minimum absolute atomic E-state index is 0.210. The van der Waals surface area contributed by atoms with Crippen LogP contribution in [0.4, 0.5) is 4.79 Å². The van der Waals surface area contributed by atoms with Crippen LogP contribution in [0.5, 0.6) is 0 Å². The number of rotatable bonds is 5. The summed E-state index contributed by atoms with van der Waals surface area (Å²) in [6.45, 7) is 2.69. The van der Waals surface area contributed by atoms with E-state index in [2.05, 4.69) is 27.4 Å². The van der Waals surface area contributed by atoms with Gasteiger partial charge in [-0.3, -0.25) is 9.47 Å². The first-order valence-electron chi connectivity index (χ1n) is 10.9. The molecule has 1 N–H and O–H groups in total. The lowest BCUT2D eigenvalue weighted by Crippen LogP contribution is -2.34. The Morgan fingerprint density at radius 3 is 2.69 bits per heavy atom. The number of halogens is 4. The van der Waals surface area contributed by atoms with Gasteiger partial charge in [0, 0.05) is 60.3 Å². The van der Waals surface area contributed by atoms with Gasteiger partial charge in [-0.15, -0.1) is 11.3 Å². The molecule has 2 aromatic heterocycles. The molecule has 0 saturated heterocycles. The Balaban J connectivity index is 1.40. The number of nitrogens with zero attached hydrogens (tertiary/aromatic N) is 3. The van der Waals surface area contributed by atoms with Crippen molar-refractivity contribution in [2.75, 3.05) is 13.1 Å². The van der Waals surface area contributed by atoms with Gasteiger partial charge in [0.25, 0.3) is 0 Å². The highest BCUT2D eigenvalue weighted by atomic mass is 35.5. The number of hydrogen-bond donors (Lipinski definition) is 1. The summed E-state index contributed by atoms with van der Waals surface area (Å²) in [4.78, 5) is 20.6. The van der Waals surface area contributed by atoms with Crippen molar-refractivity contribution in [2.24, 2.45) is 0 Å². The predicted molar refractivity (Wildman–Crippen MR) is 142 cm³/mol. The van der Waals surface area contributed by atoms with Crippen molar-refractivity contribution in [3.8, 4) is 0 Å². The maximum Gasteiger partial charge on any atom is 0.326 e. The van der Waals surface area contributed by atoms with E-state index in [-0.39, 0.29) is 6.03 Å². The number of thiazole rings is 1. The zero-order valence-electron chi connectivity index (χ0n) is 18.4. The molecule has 3 heterocycles. The van der Waals surface area contributed by atoms with Crippen LogP contribution in [0.1, 0.15) is 21.7 Å². The highest BCUT2D eigenvalue weighted by molar-refractivity contribution is 7.15. The minimum atomic E-state index is -0.210. The van der Waals surface area contributed by atoms with Crippen LogP contribution in [0.15, 0.2) is 48.7 Å². The van der Waals surface area contributed by atoms with Crippen molar-refractivity contribution in [2.45, 2.75) is 19.5 Å². The van der Waals surface area contributed by atoms with Crippen LogP contribution in [-0.4, -0.2) is 33.6 Å². The molecule has 5 nitrogen and oxygen atoms in total. The van der Waals surface area contributed by atoms with Crippen LogP contribution in [-0.2, 0) is 19.5 Å². The second-order valence-corrected chi connectivity index (χ2v) is 11.2. The molecule has 0 fully saturated rings. The molecule has 0 aliphatic carbocycles. The standard InChI is InChI=1S/C25H20Cl4N4OS/c26-16-5-3-15(4-6-16)2-1-8-32-9-7-22-19(14-32)18-10-20(27)21(28)11-23(18)33(22)25(34)31-13-17-12-30-24(29)35-17/h1-6,10-12,26H,7-9,13-14H2/p+1/b2-1+. The zero-order valence-corrected chi connectivity index (χ0v) is 22.3. The third kappa shape index (κ3) is 5.38. The van der Waals surface area contributed by atoms with E-state index in [1.165, 1.54) is 11.3 Å². The lowest BCUT2D eigenvalue weighted by Gasteiger charge is -2.27. The second kappa shape index (κ2) is 10.5. The predicted octanol–water partition coefficient (Wildman–Crippen LogP) is 6.58. The number of amides is 1. The molecule has 1 aliphatic heterocycles. The van der Waals surface area contributed by atoms with Gasteiger partial charge in [0.2, 0.25) is 5.02 Å². The van der Waals surface area contributed by atoms with E-state index in [0.29, 0.717) is 27.6 Å². The zero-order chi connectivity index (χ0) is 24.5. The van der Waals surface area contributed by atoms with Gasteiger partial charge in [0.05, 0.1) is 22.1 Å². The molecule has 0 radical (unpaired) electrons. The Bertz CT molecular complexity index is 1430. The Morgan fingerprint density at radius 2 is 1.94 bits per heavy atom. The first-order chi connectivity index (χ1) is 16.9. The van der Waals surface area contributed by atoms with E-state index in [1.807, 2.05) is 30.3 Å². The van der Waals surface area contributed by atoms with Crippen LogP contribution in [0, 0.1) is 11.6 Å². The Morgan fingerprint density at radius 1 is 1.17 bits per heavy atom. The molecule has 0 saturated carbocycles. The number of nitrogens with one attached hydrogen (secondary N) is 1. The molecule has 10 heteroatoms. The SMILES string of the molecule is O=C(NCc1cnc(Cl)s1)n1c2c(c3cc(Cl)c(Cl)cc31)CN(C/C=C/c1ccc([ClH+])cc1)CC2. The summed E-state index contributed by atoms with van der Waals surface area (Å²) in [6, 6.07) is 11.3. The van der Waals surface area contributed by atoms with Crippen LogP contribution < -0.4 is 5.32 Å². The summed E-state index contributed by atoms with van der Waals surface area (Å²) in [5.41, 5.74) is 3.96. The third-order valence-electron chi connectivity index (χ3n) is 5.97. The average Bonchev–Trinajstić information content (AvgIpc) is 3.39. The molecular formula is C25H21Cl4N4OS+. The molecule has 1 amide bonds. The van der Waals surface area contributed by atoms with E-state index < -0.39 is 0 Å². The first kappa shape index (κ1) is 24.6. The highest BCUT2D eigenvalue weighted by Crippen LogP contribution is 2.36. The number of carbonyl (C=O) groups excluding carboxylic acids is 1. The fraction of sp³-hybridized carbons (Fsp3) is 0.200. The maximum absolute atomic E-state index is 13.3. The molecule has 0 spiro atoms. The van der Waals surface area contributed by atoms with Gasteiger partial charge in [-0.1, -0.05) is 47.0 Å². The Kier molecular flexibility index (Phi) is 7.39. The minimum Gasteiger partial charge on any atom is -0.332 e. The fourth-order valence-electron chi connectivity index (χ4n) is 4.32. The van der Waals surface area contributed by atoms with E-state index in [4.69, 9.17) is 46.4 Å². The summed E-state index contributed by atoms with van der Waals surface area (Å²) in [5, 5.41) is 5.66. The van der Waals surface area contributed by atoms with Gasteiger partial charge in [-0.05, 0) is 35.4 Å². The van der Waals surface area contributed by atoms with Crippen LogP contribution in [0.25, 0.3) is 17.0 Å². The lowest BCUT2D eigenvalue weighted by molar-refractivity contribution is -0.288. The third-order valence-corrected chi connectivity index (χ3v) is 8.07. The summed E-state index contributed by atoms with van der Waals surface area (Å²) in [7, 11) is 0. The quantitative estimate of drug-likeness (QED) is 0.297. The molecule has 35 heavy (non-hydrogen) atoms. The van der Waals surface area contributed by atoms with Crippen molar-refractivity contribution in [1.82, 2.24) is 19.8 Å². The maximum atomic E-state index is 13.3. The molecule has 1 aliphatic rings. The summed E-state index contributed by atoms with van der Waals surface area (Å²) in [6.07, 6.45) is 6.66. The number of benzene rings is 2. The van der Waals surface area contributed by atoms with Gasteiger partial charge in [-0.25, -0.2) is 9.78 Å². The van der Waals surface area contributed by atoms with Crippen LogP contribution in [0.3, 0.4) is 0 Å². The van der Waals surface area contributed by atoms with Crippen molar-refractivity contribution in [3.63, 3.8) is 0 Å². The summed E-state index contributed by atoms with van der Waals surface area (Å²) >= 11 is 25.1. The Hall–Kier alpha value is -2.06. The molecule has 180 valence electrons. The molecule has 0 bridgehead atoms. The number of aromatic nitrogens is 2. The fourth-order valence-corrected chi connectivity index (χ4v) is 5.69. The van der Waals surface area contributed by atoms with Gasteiger partial charge in [-0.2, -0.15) is 0 Å². The molecule has 5 rings (SSSR count). The van der Waals surface area contributed by atoms with Gasteiger partial charge in [0.1, 0.15) is 0 Å². The summed E-state index contributed by atoms with van der Waals surface area (Å²) in [5.74, 6) is 0. The number of fused-ring (bicyclic) bond motifs is 3. The average molecular weight is 567 g/mol. The van der Waals surface area contributed by atoms with Crippen molar-refractivity contribution in [3.05, 3.63) is 89.9 Å². The van der Waals surface area contributed by atoms with Crippen molar-refractivity contribution >= 4 is 69.1 Å². The topological polar surface area (TPSA) is 50.2 Å². The molecule has 2 aromatic carbocycles. The van der Waals surface area contributed by atoms with Gasteiger partial charge < -0.3 is 5.32 Å². The second-order valence-electron chi connectivity index (χ2n) is 8.24. The molecular weight excluding hydrogens is 546 g/mol. The molecule has 0 unspecified atom stereocenters. The highest BCUT2D eigenvalue weighted by Gasteiger charge is 2.27.